The molecule has 3 aromatic carbocycles. The molecule has 5 heteroatoms. The molecule has 1 aliphatic rings. The number of nitrogens with zero attached hydrogens (tertiary/aromatic N) is 1. The fourth-order valence-electron chi connectivity index (χ4n) is 4.25. The first-order valence-corrected chi connectivity index (χ1v) is 10.9. The predicted octanol–water partition coefficient (Wildman–Crippen LogP) is 5.93. The van der Waals surface area contributed by atoms with Crippen LogP contribution >= 0.6 is 0 Å². The number of carbonyl (C=O) groups excluding carboxylic acids is 1. The monoisotopic (exact) mass is 425 g/mol. The van der Waals surface area contributed by atoms with E-state index >= 15 is 0 Å². The lowest BCUT2D eigenvalue weighted by molar-refractivity contribution is 0.0725. The topological polar surface area (TPSA) is 59.8 Å². The fourth-order valence-corrected chi connectivity index (χ4v) is 4.25. The van der Waals surface area contributed by atoms with Gasteiger partial charge in [0.15, 0.2) is 5.43 Å². The molecule has 1 aliphatic heterocycles. The van der Waals surface area contributed by atoms with Crippen LogP contribution in [-0.4, -0.2) is 17.4 Å². The average molecular weight is 425 g/mol. The summed E-state index contributed by atoms with van der Waals surface area (Å²) in [4.78, 5) is 28.5. The highest BCUT2D eigenvalue weighted by molar-refractivity contribution is 5.99. The lowest BCUT2D eigenvalue weighted by Crippen LogP contribution is -2.30. The summed E-state index contributed by atoms with van der Waals surface area (Å²) in [5, 5.41) is 0.484. The third kappa shape index (κ3) is 3.46. The predicted molar refractivity (Wildman–Crippen MR) is 123 cm³/mol. The highest BCUT2D eigenvalue weighted by Crippen LogP contribution is 2.39. The van der Waals surface area contributed by atoms with Crippen LogP contribution in [0.3, 0.4) is 0 Å². The first-order valence-electron chi connectivity index (χ1n) is 10.9. The highest BCUT2D eigenvalue weighted by Gasteiger charge is 2.42. The van der Waals surface area contributed by atoms with Crippen molar-refractivity contribution in [2.24, 2.45) is 0 Å². The zero-order valence-electron chi connectivity index (χ0n) is 17.8. The van der Waals surface area contributed by atoms with E-state index in [0.29, 0.717) is 28.8 Å². The molecule has 32 heavy (non-hydrogen) atoms. The summed E-state index contributed by atoms with van der Waals surface area (Å²) in [5.41, 5.74) is 1.50. The number of carbonyl (C=O) groups is 1. The number of fused-ring (bicyclic) bond motifs is 2. The Morgan fingerprint density at radius 1 is 0.906 bits per heavy atom. The van der Waals surface area contributed by atoms with Gasteiger partial charge in [-0.2, -0.15) is 0 Å². The van der Waals surface area contributed by atoms with Crippen molar-refractivity contribution in [2.75, 3.05) is 6.54 Å². The molecule has 0 bridgehead atoms. The molecule has 1 aromatic heterocycles. The van der Waals surface area contributed by atoms with Crippen LogP contribution in [0.2, 0.25) is 0 Å². The van der Waals surface area contributed by atoms with Crippen LogP contribution in [0.5, 0.6) is 11.5 Å². The maximum absolute atomic E-state index is 13.5. The molecule has 5 nitrogen and oxygen atoms in total. The van der Waals surface area contributed by atoms with Crippen molar-refractivity contribution in [3.63, 3.8) is 0 Å². The molecule has 160 valence electrons. The molecule has 0 saturated heterocycles. The van der Waals surface area contributed by atoms with Crippen LogP contribution in [0.15, 0.2) is 88.1 Å². The summed E-state index contributed by atoms with van der Waals surface area (Å²) in [5.74, 6) is 1.27. The van der Waals surface area contributed by atoms with Gasteiger partial charge in [0.25, 0.3) is 5.91 Å². The van der Waals surface area contributed by atoms with Crippen molar-refractivity contribution >= 4 is 16.9 Å². The van der Waals surface area contributed by atoms with Gasteiger partial charge in [-0.25, -0.2) is 0 Å². The fraction of sp³-hybridized carbons (Fsp3) is 0.185. The first kappa shape index (κ1) is 20.1. The number of unbranched alkanes of at least 4 members (excludes halogenated alkanes) is 1. The second-order valence-corrected chi connectivity index (χ2v) is 7.91. The van der Waals surface area contributed by atoms with Crippen molar-refractivity contribution in [2.45, 2.75) is 25.8 Å². The molecule has 0 spiro atoms. The Morgan fingerprint density at radius 3 is 2.47 bits per heavy atom. The van der Waals surface area contributed by atoms with Crippen molar-refractivity contribution < 1.29 is 13.9 Å². The van der Waals surface area contributed by atoms with E-state index in [4.69, 9.17) is 9.15 Å². The normalized spacial score (nSPS) is 15.2. The molecule has 0 fully saturated rings. The molecule has 0 N–H and O–H groups in total. The Balaban J connectivity index is 1.63. The Kier molecular flexibility index (Phi) is 5.23. The molecule has 4 aromatic rings. The lowest BCUT2D eigenvalue weighted by Gasteiger charge is -2.25. The summed E-state index contributed by atoms with van der Waals surface area (Å²) in [6.45, 7) is 2.62. The Bertz CT molecular complexity index is 1340. The van der Waals surface area contributed by atoms with Crippen molar-refractivity contribution in [1.29, 1.82) is 0 Å². The number of benzene rings is 3. The van der Waals surface area contributed by atoms with E-state index in [1.54, 1.807) is 29.2 Å². The number of ether oxygens (including phenoxy) is 1. The van der Waals surface area contributed by atoms with Gasteiger partial charge >= 0.3 is 0 Å². The molecule has 0 radical (unpaired) electrons. The zero-order valence-corrected chi connectivity index (χ0v) is 17.8. The van der Waals surface area contributed by atoms with E-state index in [9.17, 15) is 9.59 Å². The van der Waals surface area contributed by atoms with Gasteiger partial charge in [0.1, 0.15) is 17.1 Å². The largest absolute Gasteiger partial charge is 0.457 e. The number of amides is 1. The molecule has 0 aliphatic carbocycles. The van der Waals surface area contributed by atoms with E-state index in [-0.39, 0.29) is 17.1 Å². The van der Waals surface area contributed by atoms with Crippen LogP contribution in [0.25, 0.3) is 11.0 Å². The van der Waals surface area contributed by atoms with Crippen molar-refractivity contribution in [1.82, 2.24) is 4.90 Å². The maximum Gasteiger partial charge on any atom is 0.290 e. The standard InChI is InChI=1S/C27H23NO4/c1-2-3-16-28-24(18-10-9-13-20(17-18)31-19-11-5-4-6-12-19)23-25(29)21-14-7-8-15-22(21)32-26(23)27(28)30/h4-15,17,24H,2-3,16H2,1H3/t24-/m1/s1. The summed E-state index contributed by atoms with van der Waals surface area (Å²) < 4.78 is 12.0. The van der Waals surface area contributed by atoms with Crippen LogP contribution in [0.1, 0.15) is 47.5 Å². The number of hydrogen-bond acceptors (Lipinski definition) is 4. The molecular weight excluding hydrogens is 402 g/mol. The second kappa shape index (κ2) is 8.35. The number of rotatable bonds is 6. The minimum Gasteiger partial charge on any atom is -0.457 e. The molecule has 1 atom stereocenters. The second-order valence-electron chi connectivity index (χ2n) is 7.91. The number of para-hydroxylation sites is 2. The minimum atomic E-state index is -0.510. The highest BCUT2D eigenvalue weighted by atomic mass is 16.5. The average Bonchev–Trinajstić information content (AvgIpc) is 3.10. The molecule has 1 amide bonds. The summed E-state index contributed by atoms with van der Waals surface area (Å²) >= 11 is 0. The van der Waals surface area contributed by atoms with Gasteiger partial charge in [0.05, 0.1) is 17.0 Å². The molecule has 0 unspecified atom stereocenters. The van der Waals surface area contributed by atoms with Crippen molar-refractivity contribution in [3.05, 3.63) is 106 Å². The third-order valence-electron chi connectivity index (χ3n) is 5.78. The van der Waals surface area contributed by atoms with E-state index in [0.717, 1.165) is 24.2 Å². The number of hydrogen-bond donors (Lipinski definition) is 0. The van der Waals surface area contributed by atoms with Crippen LogP contribution in [0.4, 0.5) is 0 Å². The maximum atomic E-state index is 13.5. The molecular formula is C27H23NO4. The van der Waals surface area contributed by atoms with E-state index in [2.05, 4.69) is 6.92 Å². The van der Waals surface area contributed by atoms with Gasteiger partial charge < -0.3 is 14.1 Å². The van der Waals surface area contributed by atoms with Gasteiger partial charge in [-0.3, -0.25) is 9.59 Å². The molecule has 0 saturated carbocycles. The van der Waals surface area contributed by atoms with Gasteiger partial charge in [-0.05, 0) is 48.4 Å². The molecule has 2 heterocycles. The summed E-state index contributed by atoms with van der Waals surface area (Å²) in [6, 6.07) is 23.7. The zero-order chi connectivity index (χ0) is 22.1. The Labute approximate surface area is 185 Å². The quantitative estimate of drug-likeness (QED) is 0.384. The Hall–Kier alpha value is -3.86. The van der Waals surface area contributed by atoms with Gasteiger partial charge in [0, 0.05) is 6.54 Å². The van der Waals surface area contributed by atoms with Crippen LogP contribution in [-0.2, 0) is 0 Å². The summed E-state index contributed by atoms with van der Waals surface area (Å²) in [7, 11) is 0. The van der Waals surface area contributed by atoms with Crippen LogP contribution < -0.4 is 10.2 Å². The minimum absolute atomic E-state index is 0.143. The Morgan fingerprint density at radius 2 is 1.66 bits per heavy atom. The van der Waals surface area contributed by atoms with Gasteiger partial charge in [-0.1, -0.05) is 55.8 Å². The van der Waals surface area contributed by atoms with Crippen LogP contribution in [0, 0.1) is 0 Å². The van der Waals surface area contributed by atoms with E-state index in [1.807, 2.05) is 54.6 Å². The van der Waals surface area contributed by atoms with Gasteiger partial charge in [-0.15, -0.1) is 0 Å². The molecule has 5 rings (SSSR count). The first-order chi connectivity index (χ1) is 15.7. The summed E-state index contributed by atoms with van der Waals surface area (Å²) in [6.07, 6.45) is 1.78. The van der Waals surface area contributed by atoms with Gasteiger partial charge in [0.2, 0.25) is 5.76 Å². The van der Waals surface area contributed by atoms with E-state index < -0.39 is 6.04 Å². The lowest BCUT2D eigenvalue weighted by atomic mass is 9.98. The smallest absolute Gasteiger partial charge is 0.290 e. The third-order valence-corrected chi connectivity index (χ3v) is 5.78. The van der Waals surface area contributed by atoms with E-state index in [1.165, 1.54) is 0 Å². The van der Waals surface area contributed by atoms with Crippen molar-refractivity contribution in [3.8, 4) is 11.5 Å². The SMILES string of the molecule is CCCCN1C(=O)c2oc3ccccc3c(=O)c2[C@H]1c1cccc(Oc2ccccc2)c1.